The zero-order valence-electron chi connectivity index (χ0n) is 15.5. The Morgan fingerprint density at radius 2 is 1.93 bits per heavy atom. The Morgan fingerprint density at radius 1 is 1.17 bits per heavy atom. The van der Waals surface area contributed by atoms with Crippen LogP contribution in [-0.2, 0) is 25.7 Å². The summed E-state index contributed by atoms with van der Waals surface area (Å²) < 4.78 is 5.07. The molecule has 6 nitrogen and oxygen atoms in total. The fourth-order valence-corrected chi connectivity index (χ4v) is 4.11. The predicted octanol–water partition coefficient (Wildman–Crippen LogP) is 4.00. The van der Waals surface area contributed by atoms with Crippen LogP contribution in [0.1, 0.15) is 12.0 Å². The first-order chi connectivity index (χ1) is 13.8. The van der Waals surface area contributed by atoms with E-state index in [0.29, 0.717) is 16.6 Å². The number of ether oxygens (including phenoxy) is 1. The van der Waals surface area contributed by atoms with Gasteiger partial charge in [-0.15, -0.1) is 11.8 Å². The quantitative estimate of drug-likeness (QED) is 0.670. The van der Waals surface area contributed by atoms with Gasteiger partial charge in [-0.05, 0) is 29.8 Å². The van der Waals surface area contributed by atoms with Crippen molar-refractivity contribution in [3.05, 3.63) is 58.1 Å². The van der Waals surface area contributed by atoms with E-state index in [-0.39, 0.29) is 18.2 Å². The van der Waals surface area contributed by atoms with E-state index in [9.17, 15) is 14.4 Å². The van der Waals surface area contributed by atoms with E-state index in [1.165, 1.54) is 16.7 Å². The fraction of sp³-hybridized carbons (Fsp3) is 0.250. The van der Waals surface area contributed by atoms with E-state index in [1.807, 2.05) is 18.2 Å². The number of esters is 1. The van der Waals surface area contributed by atoms with Crippen molar-refractivity contribution < 1.29 is 19.1 Å². The summed E-state index contributed by atoms with van der Waals surface area (Å²) in [6.07, 6.45) is -0.116. The molecule has 0 spiro atoms. The van der Waals surface area contributed by atoms with Gasteiger partial charge in [-0.3, -0.25) is 14.4 Å². The maximum Gasteiger partial charge on any atom is 0.307 e. The van der Waals surface area contributed by atoms with Crippen molar-refractivity contribution in [1.29, 1.82) is 0 Å². The van der Waals surface area contributed by atoms with Gasteiger partial charge < -0.3 is 15.0 Å². The van der Waals surface area contributed by atoms with Crippen LogP contribution in [0.15, 0.2) is 47.4 Å². The Labute approximate surface area is 182 Å². The summed E-state index contributed by atoms with van der Waals surface area (Å²) in [5.41, 5.74) is 1.53. The summed E-state index contributed by atoms with van der Waals surface area (Å²) in [6, 6.07) is 12.5. The topological polar surface area (TPSA) is 75.7 Å². The van der Waals surface area contributed by atoms with E-state index in [2.05, 4.69) is 5.32 Å². The molecular weight excluding hydrogens is 435 g/mol. The van der Waals surface area contributed by atoms with Crippen molar-refractivity contribution in [1.82, 2.24) is 4.90 Å². The van der Waals surface area contributed by atoms with Crippen LogP contribution >= 0.6 is 35.0 Å². The molecule has 1 aliphatic rings. The van der Waals surface area contributed by atoms with Gasteiger partial charge in [-0.2, -0.15) is 0 Å². The molecule has 0 saturated heterocycles. The maximum atomic E-state index is 12.2. The van der Waals surface area contributed by atoms with Crippen molar-refractivity contribution in [3.8, 4) is 0 Å². The minimum atomic E-state index is -0.603. The number of likely N-dealkylation sites (N-methyl/N-ethyl adjacent to an activating group) is 1. The van der Waals surface area contributed by atoms with Crippen LogP contribution in [0.5, 0.6) is 0 Å². The number of para-hydroxylation sites is 1. The zero-order valence-corrected chi connectivity index (χ0v) is 17.8. The molecule has 1 N–H and O–H groups in total. The van der Waals surface area contributed by atoms with Crippen LogP contribution in [0.25, 0.3) is 0 Å². The first kappa shape index (κ1) is 21.5. The van der Waals surface area contributed by atoms with Crippen molar-refractivity contribution >= 4 is 58.4 Å². The molecule has 1 heterocycles. The highest BCUT2D eigenvalue weighted by atomic mass is 35.5. The van der Waals surface area contributed by atoms with Crippen molar-refractivity contribution in [2.75, 3.05) is 19.0 Å². The smallest absolute Gasteiger partial charge is 0.307 e. The molecule has 0 radical (unpaired) electrons. The molecule has 1 aliphatic heterocycles. The third-order valence-corrected chi connectivity index (χ3v) is 6.26. The van der Waals surface area contributed by atoms with Crippen molar-refractivity contribution in [2.24, 2.45) is 0 Å². The van der Waals surface area contributed by atoms with Crippen LogP contribution in [-0.4, -0.2) is 41.6 Å². The van der Waals surface area contributed by atoms with Gasteiger partial charge >= 0.3 is 5.97 Å². The van der Waals surface area contributed by atoms with Gasteiger partial charge in [0.15, 0.2) is 6.61 Å². The highest BCUT2D eigenvalue weighted by Gasteiger charge is 2.29. The lowest BCUT2D eigenvalue weighted by Crippen LogP contribution is -2.33. The van der Waals surface area contributed by atoms with E-state index in [1.54, 1.807) is 31.3 Å². The molecule has 2 amide bonds. The number of rotatable bonds is 6. The molecule has 1 unspecified atom stereocenters. The number of carbonyl (C=O) groups excluding carboxylic acids is 3. The molecule has 29 heavy (non-hydrogen) atoms. The third kappa shape index (κ3) is 5.65. The predicted molar refractivity (Wildman–Crippen MR) is 113 cm³/mol. The SMILES string of the molecule is CN(Cc1ccc(Cl)c(Cl)c1)C(=O)COC(=O)CC1Sc2ccccc2NC1=O. The summed E-state index contributed by atoms with van der Waals surface area (Å²) in [5, 5.41) is 3.02. The van der Waals surface area contributed by atoms with Gasteiger partial charge in [-0.25, -0.2) is 0 Å². The van der Waals surface area contributed by atoms with Gasteiger partial charge in [0.05, 0.1) is 27.4 Å². The minimum Gasteiger partial charge on any atom is -0.456 e. The number of anilines is 1. The molecule has 0 saturated carbocycles. The number of fused-ring (bicyclic) bond motifs is 1. The number of hydrogen-bond donors (Lipinski definition) is 1. The van der Waals surface area contributed by atoms with E-state index in [4.69, 9.17) is 27.9 Å². The number of amides is 2. The molecular formula is C20H18Cl2N2O4S. The van der Waals surface area contributed by atoms with Crippen LogP contribution < -0.4 is 5.32 Å². The molecule has 0 aromatic heterocycles. The van der Waals surface area contributed by atoms with Crippen LogP contribution in [0.2, 0.25) is 10.0 Å². The molecule has 1 atom stereocenters. The standard InChI is InChI=1S/C20H18Cl2N2O4S/c1-24(10-12-6-7-13(21)14(22)8-12)18(25)11-28-19(26)9-17-20(27)23-15-4-2-3-5-16(15)29-17/h2-8,17H,9-11H2,1H3,(H,23,27). The fourth-order valence-electron chi connectivity index (χ4n) is 2.69. The summed E-state index contributed by atoms with van der Waals surface area (Å²) in [7, 11) is 1.60. The average Bonchev–Trinajstić information content (AvgIpc) is 2.69. The van der Waals surface area contributed by atoms with Gasteiger partial charge in [0, 0.05) is 18.5 Å². The number of carbonyl (C=O) groups is 3. The number of thioether (sulfide) groups is 1. The number of halogens is 2. The van der Waals surface area contributed by atoms with Gasteiger partial charge in [0.2, 0.25) is 5.91 Å². The second-order valence-corrected chi connectivity index (χ2v) is 8.51. The Balaban J connectivity index is 1.48. The lowest BCUT2D eigenvalue weighted by Gasteiger charge is -2.23. The highest BCUT2D eigenvalue weighted by Crippen LogP contribution is 2.36. The molecule has 2 aromatic rings. The largest absolute Gasteiger partial charge is 0.456 e. The van der Waals surface area contributed by atoms with E-state index < -0.39 is 17.8 Å². The van der Waals surface area contributed by atoms with Gasteiger partial charge in [0.25, 0.3) is 5.91 Å². The molecule has 152 valence electrons. The molecule has 0 aliphatic carbocycles. The second kappa shape index (κ2) is 9.52. The molecule has 2 aromatic carbocycles. The number of hydrogen-bond acceptors (Lipinski definition) is 5. The van der Waals surface area contributed by atoms with E-state index >= 15 is 0 Å². The Morgan fingerprint density at radius 3 is 2.69 bits per heavy atom. The first-order valence-corrected chi connectivity index (χ1v) is 10.4. The maximum absolute atomic E-state index is 12.2. The van der Waals surface area contributed by atoms with Gasteiger partial charge in [-0.1, -0.05) is 41.4 Å². The normalized spacial score (nSPS) is 15.3. The number of benzene rings is 2. The lowest BCUT2D eigenvalue weighted by molar-refractivity contribution is -0.152. The molecule has 0 bridgehead atoms. The number of nitrogens with one attached hydrogen (secondary N) is 1. The van der Waals surface area contributed by atoms with Crippen LogP contribution in [0.4, 0.5) is 5.69 Å². The average molecular weight is 453 g/mol. The van der Waals surface area contributed by atoms with Crippen LogP contribution in [0, 0.1) is 0 Å². The Kier molecular flexibility index (Phi) is 7.05. The molecule has 9 heteroatoms. The Bertz CT molecular complexity index is 954. The van der Waals surface area contributed by atoms with Gasteiger partial charge in [0.1, 0.15) is 0 Å². The monoisotopic (exact) mass is 452 g/mol. The zero-order chi connectivity index (χ0) is 21.0. The number of nitrogens with zero attached hydrogens (tertiary/aromatic N) is 1. The Hall–Kier alpha value is -2.22. The summed E-state index contributed by atoms with van der Waals surface area (Å²) in [6.45, 7) is -0.100. The minimum absolute atomic E-state index is 0.116. The molecule has 3 rings (SSSR count). The second-order valence-electron chi connectivity index (χ2n) is 6.45. The summed E-state index contributed by atoms with van der Waals surface area (Å²) in [5.74, 6) is -1.22. The third-order valence-electron chi connectivity index (χ3n) is 4.24. The lowest BCUT2D eigenvalue weighted by atomic mass is 10.2. The van der Waals surface area contributed by atoms with E-state index in [0.717, 1.165) is 16.1 Å². The first-order valence-electron chi connectivity index (χ1n) is 8.73. The summed E-state index contributed by atoms with van der Waals surface area (Å²) in [4.78, 5) is 38.8. The highest BCUT2D eigenvalue weighted by molar-refractivity contribution is 8.01. The van der Waals surface area contributed by atoms with Crippen LogP contribution in [0.3, 0.4) is 0 Å². The summed E-state index contributed by atoms with van der Waals surface area (Å²) >= 11 is 13.2. The van der Waals surface area contributed by atoms with Crippen molar-refractivity contribution in [2.45, 2.75) is 23.1 Å². The van der Waals surface area contributed by atoms with Crippen molar-refractivity contribution in [3.63, 3.8) is 0 Å². The molecule has 0 fully saturated rings.